The highest BCUT2D eigenvalue weighted by molar-refractivity contribution is 5.99. The molecule has 8 nitrogen and oxygen atoms in total. The van der Waals surface area contributed by atoms with Crippen LogP contribution in [0.4, 0.5) is 0 Å². The maximum Gasteiger partial charge on any atom is 0.308 e. The molecule has 0 radical (unpaired) electrons. The van der Waals surface area contributed by atoms with Gasteiger partial charge in [-0.15, -0.1) is 0 Å². The van der Waals surface area contributed by atoms with Gasteiger partial charge in [-0.1, -0.05) is 0 Å². The lowest BCUT2D eigenvalue weighted by molar-refractivity contribution is -0.139. The summed E-state index contributed by atoms with van der Waals surface area (Å²) in [6.07, 6.45) is 0. The Bertz CT molecular complexity index is 647. The van der Waals surface area contributed by atoms with Gasteiger partial charge in [0.05, 0.1) is 7.11 Å². The van der Waals surface area contributed by atoms with Crippen molar-refractivity contribution in [3.8, 4) is 17.2 Å². The molecular weight excluding hydrogens is 308 g/mol. The summed E-state index contributed by atoms with van der Waals surface area (Å²) in [4.78, 5) is 45.1. The van der Waals surface area contributed by atoms with Crippen molar-refractivity contribution in [3.05, 3.63) is 17.7 Å². The molecule has 8 heteroatoms. The van der Waals surface area contributed by atoms with Gasteiger partial charge in [0, 0.05) is 26.3 Å². The zero-order chi connectivity index (χ0) is 17.6. The molecule has 1 aromatic carbocycles. The first-order valence-corrected chi connectivity index (χ1v) is 6.50. The molecule has 0 heterocycles. The molecule has 0 fully saturated rings. The molecule has 0 saturated carbocycles. The molecule has 23 heavy (non-hydrogen) atoms. The lowest BCUT2D eigenvalue weighted by Crippen LogP contribution is -2.14. The van der Waals surface area contributed by atoms with Gasteiger partial charge >= 0.3 is 17.9 Å². The van der Waals surface area contributed by atoms with E-state index in [9.17, 15) is 19.2 Å². The Labute approximate surface area is 132 Å². The number of hydrogen-bond donors (Lipinski definition) is 0. The average molecular weight is 324 g/mol. The monoisotopic (exact) mass is 324 g/mol. The van der Waals surface area contributed by atoms with Crippen molar-refractivity contribution in [1.82, 2.24) is 0 Å². The highest BCUT2D eigenvalue weighted by Gasteiger charge is 2.21. The number of esters is 3. The van der Waals surface area contributed by atoms with Gasteiger partial charge < -0.3 is 18.9 Å². The largest absolute Gasteiger partial charge is 0.493 e. The molecule has 0 spiro atoms. The summed E-state index contributed by atoms with van der Waals surface area (Å²) in [5.41, 5.74) is 0.0650. The molecule has 1 rings (SSSR count). The van der Waals surface area contributed by atoms with E-state index in [1.54, 1.807) is 0 Å². The molecule has 0 unspecified atom stereocenters. The van der Waals surface area contributed by atoms with Crippen molar-refractivity contribution in [2.75, 3.05) is 13.7 Å². The predicted molar refractivity (Wildman–Crippen MR) is 76.6 cm³/mol. The third kappa shape index (κ3) is 5.42. The Morgan fingerprint density at radius 1 is 0.870 bits per heavy atom. The van der Waals surface area contributed by atoms with Gasteiger partial charge in [-0.25, -0.2) is 0 Å². The molecule has 0 N–H and O–H groups in total. The number of ether oxygens (including phenoxy) is 4. The third-order valence-corrected chi connectivity index (χ3v) is 2.47. The number of rotatable bonds is 6. The van der Waals surface area contributed by atoms with Crippen LogP contribution in [0.2, 0.25) is 0 Å². The molecule has 1 aromatic rings. The van der Waals surface area contributed by atoms with Crippen molar-refractivity contribution < 1.29 is 38.1 Å². The Balaban J connectivity index is 3.28. The van der Waals surface area contributed by atoms with Crippen LogP contribution in [0.5, 0.6) is 17.2 Å². The Kier molecular flexibility index (Phi) is 6.25. The van der Waals surface area contributed by atoms with Gasteiger partial charge in [-0.2, -0.15) is 0 Å². The number of ketones is 1. The van der Waals surface area contributed by atoms with Crippen LogP contribution in [0.3, 0.4) is 0 Å². The molecule has 0 aliphatic rings. The van der Waals surface area contributed by atoms with Crippen LogP contribution in [-0.2, 0) is 19.1 Å². The lowest BCUT2D eigenvalue weighted by atomic mass is 10.1. The normalized spacial score (nSPS) is 9.74. The quantitative estimate of drug-likeness (QED) is 0.438. The standard InChI is InChI=1S/C15H16O8/c1-8(16)21-7-12(19)11-5-13(20-4)15(23-10(3)18)14(6-11)22-9(2)17/h5-6H,7H2,1-4H3. The van der Waals surface area contributed by atoms with Gasteiger partial charge in [0.2, 0.25) is 11.5 Å². The second-order valence-electron chi connectivity index (χ2n) is 4.40. The summed E-state index contributed by atoms with van der Waals surface area (Å²) in [5, 5.41) is 0. The average Bonchev–Trinajstić information content (AvgIpc) is 2.45. The van der Waals surface area contributed by atoms with E-state index in [0.29, 0.717) is 0 Å². The van der Waals surface area contributed by atoms with E-state index in [2.05, 4.69) is 4.74 Å². The van der Waals surface area contributed by atoms with Crippen LogP contribution < -0.4 is 14.2 Å². The van der Waals surface area contributed by atoms with E-state index in [-0.39, 0.29) is 22.8 Å². The number of carbonyl (C=O) groups excluding carboxylic acids is 4. The van der Waals surface area contributed by atoms with Gasteiger partial charge in [-0.05, 0) is 12.1 Å². The van der Waals surface area contributed by atoms with Crippen LogP contribution in [0.1, 0.15) is 31.1 Å². The van der Waals surface area contributed by atoms with Crippen LogP contribution in [0.25, 0.3) is 0 Å². The molecule has 0 bridgehead atoms. The minimum Gasteiger partial charge on any atom is -0.493 e. The number of benzene rings is 1. The van der Waals surface area contributed by atoms with Gasteiger partial charge in [0.25, 0.3) is 0 Å². The molecule has 0 atom stereocenters. The summed E-state index contributed by atoms with van der Waals surface area (Å²) < 4.78 is 19.6. The first-order valence-electron chi connectivity index (χ1n) is 6.50. The number of hydrogen-bond acceptors (Lipinski definition) is 8. The van der Waals surface area contributed by atoms with E-state index in [1.165, 1.54) is 26.2 Å². The number of methoxy groups -OCH3 is 1. The van der Waals surface area contributed by atoms with Gasteiger partial charge in [0.1, 0.15) is 0 Å². The Hall–Kier alpha value is -2.90. The zero-order valence-corrected chi connectivity index (χ0v) is 13.1. The SMILES string of the molecule is COc1cc(C(=O)COC(C)=O)cc(OC(C)=O)c1OC(C)=O. The van der Waals surface area contributed by atoms with Crippen molar-refractivity contribution in [2.45, 2.75) is 20.8 Å². The fraction of sp³-hybridized carbons (Fsp3) is 0.333. The van der Waals surface area contributed by atoms with E-state index in [1.807, 2.05) is 0 Å². The molecule has 124 valence electrons. The Morgan fingerprint density at radius 2 is 1.43 bits per heavy atom. The molecule has 0 aliphatic carbocycles. The summed E-state index contributed by atoms with van der Waals surface area (Å²) in [5.74, 6) is -2.74. The van der Waals surface area contributed by atoms with E-state index in [4.69, 9.17) is 14.2 Å². The van der Waals surface area contributed by atoms with E-state index < -0.39 is 30.3 Å². The molecule has 0 saturated heterocycles. The minimum absolute atomic E-state index is 0.0186. The van der Waals surface area contributed by atoms with Crippen LogP contribution in [0.15, 0.2) is 12.1 Å². The van der Waals surface area contributed by atoms with Crippen molar-refractivity contribution in [3.63, 3.8) is 0 Å². The summed E-state index contributed by atoms with van der Waals surface area (Å²) in [6, 6.07) is 2.49. The van der Waals surface area contributed by atoms with E-state index in [0.717, 1.165) is 13.8 Å². The van der Waals surface area contributed by atoms with Crippen molar-refractivity contribution in [1.29, 1.82) is 0 Å². The van der Waals surface area contributed by atoms with Crippen molar-refractivity contribution >= 4 is 23.7 Å². The first-order chi connectivity index (χ1) is 10.7. The van der Waals surface area contributed by atoms with Gasteiger partial charge in [-0.3, -0.25) is 19.2 Å². The molecular formula is C15H16O8. The van der Waals surface area contributed by atoms with Gasteiger partial charge in [0.15, 0.2) is 18.1 Å². The maximum absolute atomic E-state index is 12.0. The summed E-state index contributed by atoms with van der Waals surface area (Å²) >= 11 is 0. The topological polar surface area (TPSA) is 105 Å². The van der Waals surface area contributed by atoms with E-state index >= 15 is 0 Å². The highest BCUT2D eigenvalue weighted by Crippen LogP contribution is 2.39. The Morgan fingerprint density at radius 3 is 1.91 bits per heavy atom. The molecule has 0 aliphatic heterocycles. The third-order valence-electron chi connectivity index (χ3n) is 2.47. The zero-order valence-electron chi connectivity index (χ0n) is 13.1. The second-order valence-corrected chi connectivity index (χ2v) is 4.40. The maximum atomic E-state index is 12.0. The highest BCUT2D eigenvalue weighted by atomic mass is 16.6. The lowest BCUT2D eigenvalue weighted by Gasteiger charge is -2.14. The van der Waals surface area contributed by atoms with Crippen LogP contribution in [0, 0.1) is 0 Å². The summed E-state index contributed by atoms with van der Waals surface area (Å²) in [7, 11) is 1.29. The molecule has 0 amide bonds. The first kappa shape index (κ1) is 18.1. The fourth-order valence-corrected chi connectivity index (χ4v) is 1.61. The van der Waals surface area contributed by atoms with Crippen molar-refractivity contribution in [2.24, 2.45) is 0 Å². The minimum atomic E-state index is -0.676. The number of carbonyl (C=O) groups is 4. The summed E-state index contributed by atoms with van der Waals surface area (Å²) in [6.45, 7) is 3.00. The smallest absolute Gasteiger partial charge is 0.308 e. The number of Topliss-reactive ketones (excluding diaryl/α,β-unsaturated/α-hetero) is 1. The fourth-order valence-electron chi connectivity index (χ4n) is 1.61. The second kappa shape index (κ2) is 7.92. The predicted octanol–water partition coefficient (Wildman–Crippen LogP) is 1.29. The van der Waals surface area contributed by atoms with Crippen LogP contribution in [-0.4, -0.2) is 37.4 Å². The molecule has 0 aromatic heterocycles. The van der Waals surface area contributed by atoms with Crippen LogP contribution >= 0.6 is 0 Å².